The molecule has 0 amide bonds. The largest absolute Gasteiger partial charge is 0.396 e. The summed E-state index contributed by atoms with van der Waals surface area (Å²) >= 11 is 0. The van der Waals surface area contributed by atoms with Crippen LogP contribution in [0.15, 0.2) is 0 Å². The molecule has 0 aliphatic heterocycles. The van der Waals surface area contributed by atoms with Crippen LogP contribution in [-0.2, 0) is 0 Å². The van der Waals surface area contributed by atoms with Crippen molar-refractivity contribution in [3.63, 3.8) is 0 Å². The monoisotopic (exact) mass is 184 g/mol. The maximum atomic E-state index is 8.74. The summed E-state index contributed by atoms with van der Waals surface area (Å²) < 4.78 is 0. The third kappa shape index (κ3) is 6.56. The van der Waals surface area contributed by atoms with E-state index in [1.807, 2.05) is 6.92 Å². The zero-order valence-electron chi connectivity index (χ0n) is 8.58. The fourth-order valence-corrected chi connectivity index (χ4v) is 1.18. The quantitative estimate of drug-likeness (QED) is 0.624. The Bertz CT molecular complexity index is 153. The van der Waals surface area contributed by atoms with Crippen LogP contribution in [0.2, 0.25) is 0 Å². The van der Waals surface area contributed by atoms with Gasteiger partial charge in [-0.2, -0.15) is 5.26 Å². The molecule has 0 radical (unpaired) electrons. The molecule has 0 aromatic heterocycles. The standard InChI is InChI=1S/C10H20N2O/c1-3-10(4-5-13)8-12-7-9(2)6-11/h9-10,12-13H,3-5,7-8H2,1-2H3. The first-order chi connectivity index (χ1) is 6.24. The minimum atomic E-state index is 0.0756. The molecule has 0 aliphatic carbocycles. The Balaban J connectivity index is 3.44. The van der Waals surface area contributed by atoms with Crippen molar-refractivity contribution in [1.82, 2.24) is 5.32 Å². The van der Waals surface area contributed by atoms with E-state index >= 15 is 0 Å². The van der Waals surface area contributed by atoms with Gasteiger partial charge in [0.1, 0.15) is 0 Å². The fraction of sp³-hybridized carbons (Fsp3) is 0.900. The molecule has 0 saturated carbocycles. The smallest absolute Gasteiger partial charge is 0.0666 e. The summed E-state index contributed by atoms with van der Waals surface area (Å²) in [6, 6.07) is 2.18. The highest BCUT2D eigenvalue weighted by Crippen LogP contribution is 2.05. The normalized spacial score (nSPS) is 14.9. The minimum Gasteiger partial charge on any atom is -0.396 e. The zero-order chi connectivity index (χ0) is 10.1. The minimum absolute atomic E-state index is 0.0756. The molecule has 0 aromatic rings. The average molecular weight is 184 g/mol. The fourth-order valence-electron chi connectivity index (χ4n) is 1.18. The number of aliphatic hydroxyl groups excluding tert-OH is 1. The van der Waals surface area contributed by atoms with Crippen LogP contribution in [0.1, 0.15) is 26.7 Å². The summed E-state index contributed by atoms with van der Waals surface area (Å²) in [6.45, 7) is 5.94. The Kier molecular flexibility index (Phi) is 7.66. The van der Waals surface area contributed by atoms with Gasteiger partial charge in [0.15, 0.2) is 0 Å². The van der Waals surface area contributed by atoms with Gasteiger partial charge in [-0.25, -0.2) is 0 Å². The van der Waals surface area contributed by atoms with E-state index in [9.17, 15) is 0 Å². The van der Waals surface area contributed by atoms with Crippen LogP contribution >= 0.6 is 0 Å². The first kappa shape index (κ1) is 12.4. The van der Waals surface area contributed by atoms with Crippen molar-refractivity contribution in [3.05, 3.63) is 0 Å². The molecular weight excluding hydrogens is 164 g/mol. The molecule has 0 rings (SSSR count). The molecule has 3 heteroatoms. The molecule has 0 aromatic carbocycles. The van der Waals surface area contributed by atoms with E-state index in [0.717, 1.165) is 25.9 Å². The van der Waals surface area contributed by atoms with Gasteiger partial charge in [-0.05, 0) is 25.8 Å². The summed E-state index contributed by atoms with van der Waals surface area (Å²) in [7, 11) is 0. The van der Waals surface area contributed by atoms with Gasteiger partial charge in [0.25, 0.3) is 0 Å². The zero-order valence-corrected chi connectivity index (χ0v) is 8.58. The van der Waals surface area contributed by atoms with Crippen molar-refractivity contribution in [2.24, 2.45) is 11.8 Å². The lowest BCUT2D eigenvalue weighted by atomic mass is 10.0. The second kappa shape index (κ2) is 8.03. The van der Waals surface area contributed by atoms with Crippen molar-refractivity contribution < 1.29 is 5.11 Å². The summed E-state index contributed by atoms with van der Waals surface area (Å²) in [5.41, 5.74) is 0. The van der Waals surface area contributed by atoms with Crippen LogP contribution in [0.4, 0.5) is 0 Å². The summed E-state index contributed by atoms with van der Waals surface area (Å²) in [6.07, 6.45) is 1.93. The van der Waals surface area contributed by atoms with E-state index < -0.39 is 0 Å². The van der Waals surface area contributed by atoms with E-state index in [2.05, 4.69) is 18.3 Å². The number of nitriles is 1. The van der Waals surface area contributed by atoms with Crippen LogP contribution < -0.4 is 5.32 Å². The summed E-state index contributed by atoms with van der Waals surface area (Å²) in [5.74, 6) is 0.613. The molecule has 2 atom stereocenters. The number of hydrogen-bond acceptors (Lipinski definition) is 3. The van der Waals surface area contributed by atoms with Gasteiger partial charge >= 0.3 is 0 Å². The first-order valence-electron chi connectivity index (χ1n) is 4.95. The molecule has 2 N–H and O–H groups in total. The molecular formula is C10H20N2O. The average Bonchev–Trinajstić information content (AvgIpc) is 2.16. The Labute approximate surface area is 80.8 Å². The van der Waals surface area contributed by atoms with Crippen LogP contribution in [0.3, 0.4) is 0 Å². The molecule has 3 nitrogen and oxygen atoms in total. The predicted molar refractivity (Wildman–Crippen MR) is 53.1 cm³/mol. The van der Waals surface area contributed by atoms with Crippen molar-refractivity contribution in [1.29, 1.82) is 5.26 Å². The Morgan fingerprint density at radius 2 is 2.15 bits per heavy atom. The summed E-state index contributed by atoms with van der Waals surface area (Å²) in [4.78, 5) is 0. The van der Waals surface area contributed by atoms with Crippen molar-refractivity contribution in [3.8, 4) is 6.07 Å². The van der Waals surface area contributed by atoms with Crippen molar-refractivity contribution >= 4 is 0 Å². The van der Waals surface area contributed by atoms with E-state index in [1.54, 1.807) is 0 Å². The van der Waals surface area contributed by atoms with E-state index in [4.69, 9.17) is 10.4 Å². The maximum absolute atomic E-state index is 8.74. The van der Waals surface area contributed by atoms with Crippen LogP contribution in [-0.4, -0.2) is 24.8 Å². The predicted octanol–water partition coefficient (Wildman–Crippen LogP) is 1.14. The van der Waals surface area contributed by atoms with Gasteiger partial charge in [0.2, 0.25) is 0 Å². The molecule has 0 heterocycles. The third-order valence-corrected chi connectivity index (χ3v) is 2.22. The number of hydrogen-bond donors (Lipinski definition) is 2. The Hall–Kier alpha value is -0.590. The molecule has 0 fully saturated rings. The Morgan fingerprint density at radius 1 is 1.46 bits per heavy atom. The van der Waals surface area contributed by atoms with Gasteiger partial charge in [0.05, 0.1) is 12.0 Å². The lowest BCUT2D eigenvalue weighted by molar-refractivity contribution is 0.251. The molecule has 0 spiro atoms. The Morgan fingerprint density at radius 3 is 2.62 bits per heavy atom. The highest BCUT2D eigenvalue weighted by Gasteiger charge is 2.05. The number of nitrogens with one attached hydrogen (secondary N) is 1. The third-order valence-electron chi connectivity index (χ3n) is 2.22. The van der Waals surface area contributed by atoms with Gasteiger partial charge in [-0.15, -0.1) is 0 Å². The second-order valence-electron chi connectivity index (χ2n) is 3.47. The molecule has 76 valence electrons. The van der Waals surface area contributed by atoms with Crippen molar-refractivity contribution in [2.75, 3.05) is 19.7 Å². The van der Waals surface area contributed by atoms with E-state index in [-0.39, 0.29) is 12.5 Å². The topological polar surface area (TPSA) is 56.0 Å². The molecule has 0 bridgehead atoms. The molecule has 0 aliphatic rings. The van der Waals surface area contributed by atoms with Gasteiger partial charge < -0.3 is 10.4 Å². The summed E-state index contributed by atoms with van der Waals surface area (Å²) in [5, 5.41) is 20.5. The molecule has 0 saturated heterocycles. The van der Waals surface area contributed by atoms with E-state index in [0.29, 0.717) is 5.92 Å². The SMILES string of the molecule is CCC(CCO)CNCC(C)C#N. The van der Waals surface area contributed by atoms with E-state index in [1.165, 1.54) is 0 Å². The highest BCUT2D eigenvalue weighted by atomic mass is 16.3. The molecule has 13 heavy (non-hydrogen) atoms. The number of aliphatic hydroxyl groups is 1. The maximum Gasteiger partial charge on any atom is 0.0666 e. The lowest BCUT2D eigenvalue weighted by Crippen LogP contribution is -2.27. The van der Waals surface area contributed by atoms with Crippen LogP contribution in [0.5, 0.6) is 0 Å². The van der Waals surface area contributed by atoms with Gasteiger partial charge in [-0.1, -0.05) is 13.3 Å². The highest BCUT2D eigenvalue weighted by molar-refractivity contribution is 4.80. The first-order valence-corrected chi connectivity index (χ1v) is 4.95. The van der Waals surface area contributed by atoms with Crippen LogP contribution in [0, 0.1) is 23.2 Å². The molecule has 2 unspecified atom stereocenters. The number of rotatable bonds is 7. The van der Waals surface area contributed by atoms with Gasteiger partial charge in [0, 0.05) is 13.2 Å². The van der Waals surface area contributed by atoms with Gasteiger partial charge in [-0.3, -0.25) is 0 Å². The van der Waals surface area contributed by atoms with Crippen molar-refractivity contribution in [2.45, 2.75) is 26.7 Å². The second-order valence-corrected chi connectivity index (χ2v) is 3.47. The number of nitrogens with zero attached hydrogens (tertiary/aromatic N) is 1. The lowest BCUT2D eigenvalue weighted by Gasteiger charge is -2.14. The van der Waals surface area contributed by atoms with Crippen LogP contribution in [0.25, 0.3) is 0 Å².